The largest absolute Gasteiger partial charge is 0.468 e. The van der Waals surface area contributed by atoms with Crippen LogP contribution in [0.25, 0.3) is 11.0 Å². The third-order valence-electron chi connectivity index (χ3n) is 4.22. The van der Waals surface area contributed by atoms with Gasteiger partial charge in [0, 0.05) is 20.1 Å². The minimum absolute atomic E-state index is 0.292. The second-order valence-electron chi connectivity index (χ2n) is 5.72. The monoisotopic (exact) mass is 304 g/mol. The highest BCUT2D eigenvalue weighted by Crippen LogP contribution is 2.22. The Bertz CT molecular complexity index is 684. The molecule has 7 nitrogen and oxygen atoms in total. The second-order valence-corrected chi connectivity index (χ2v) is 5.72. The maximum Gasteiger partial charge on any atom is 0.323 e. The molecule has 0 saturated carbocycles. The standard InChI is InChI=1S/C15H20N4O3/c1-18-13-4-3-10(7-12(13)16-17-18)9-19-6-5-11(20)8-14(19)15(21)22-2/h3-4,7,11,14,20H,5-6,8-9H2,1-2H3/t11-,14+/m0/s1. The van der Waals surface area contributed by atoms with E-state index in [0.717, 1.165) is 16.6 Å². The van der Waals surface area contributed by atoms with Crippen LogP contribution in [0.15, 0.2) is 18.2 Å². The molecule has 0 spiro atoms. The molecule has 0 aliphatic carbocycles. The molecule has 2 atom stereocenters. The van der Waals surface area contributed by atoms with Gasteiger partial charge in [0.05, 0.1) is 18.7 Å². The summed E-state index contributed by atoms with van der Waals surface area (Å²) in [4.78, 5) is 14.0. The molecule has 0 unspecified atom stereocenters. The predicted octanol–water partition coefficient (Wildman–Crippen LogP) is 0.467. The minimum atomic E-state index is -0.442. The van der Waals surface area contributed by atoms with Crippen LogP contribution < -0.4 is 0 Å². The predicted molar refractivity (Wildman–Crippen MR) is 80.0 cm³/mol. The van der Waals surface area contributed by atoms with E-state index < -0.39 is 12.1 Å². The van der Waals surface area contributed by atoms with Crippen molar-refractivity contribution in [2.45, 2.75) is 31.5 Å². The van der Waals surface area contributed by atoms with Gasteiger partial charge >= 0.3 is 5.97 Å². The number of methoxy groups -OCH3 is 1. The number of benzene rings is 1. The SMILES string of the molecule is COC(=O)[C@H]1C[C@@H](O)CCN1Cc1ccc2c(c1)nnn2C. The van der Waals surface area contributed by atoms with Gasteiger partial charge in [0.2, 0.25) is 0 Å². The molecule has 3 rings (SSSR count). The number of aliphatic hydroxyl groups excluding tert-OH is 1. The van der Waals surface area contributed by atoms with Crippen LogP contribution in [0, 0.1) is 0 Å². The number of carbonyl (C=O) groups excluding carboxylic acids is 1. The number of piperidine rings is 1. The fraction of sp³-hybridized carbons (Fsp3) is 0.533. The zero-order valence-electron chi connectivity index (χ0n) is 12.8. The van der Waals surface area contributed by atoms with Crippen LogP contribution in [0.3, 0.4) is 0 Å². The third kappa shape index (κ3) is 2.82. The Morgan fingerprint density at radius 2 is 2.32 bits per heavy atom. The van der Waals surface area contributed by atoms with Crippen molar-refractivity contribution in [3.63, 3.8) is 0 Å². The Hall–Kier alpha value is -1.99. The first-order valence-corrected chi connectivity index (χ1v) is 7.36. The molecular weight excluding hydrogens is 284 g/mol. The maximum atomic E-state index is 11.9. The molecule has 118 valence electrons. The first kappa shape index (κ1) is 14.9. The molecule has 2 heterocycles. The van der Waals surface area contributed by atoms with Gasteiger partial charge < -0.3 is 9.84 Å². The number of aryl methyl sites for hydroxylation is 1. The van der Waals surface area contributed by atoms with Crippen LogP contribution in [0.5, 0.6) is 0 Å². The Morgan fingerprint density at radius 3 is 3.09 bits per heavy atom. The number of hydrogen-bond donors (Lipinski definition) is 1. The number of esters is 1. The Kier molecular flexibility index (Phi) is 4.08. The maximum absolute atomic E-state index is 11.9. The molecule has 22 heavy (non-hydrogen) atoms. The summed E-state index contributed by atoms with van der Waals surface area (Å²) in [5.41, 5.74) is 2.88. The highest BCUT2D eigenvalue weighted by atomic mass is 16.5. The lowest BCUT2D eigenvalue weighted by Crippen LogP contribution is -2.48. The van der Waals surface area contributed by atoms with Crippen LogP contribution in [-0.2, 0) is 23.1 Å². The van der Waals surface area contributed by atoms with E-state index in [1.54, 1.807) is 4.68 Å². The van der Waals surface area contributed by atoms with Crippen molar-refractivity contribution in [1.29, 1.82) is 0 Å². The zero-order valence-corrected chi connectivity index (χ0v) is 12.8. The van der Waals surface area contributed by atoms with Crippen molar-refractivity contribution in [2.24, 2.45) is 7.05 Å². The van der Waals surface area contributed by atoms with E-state index >= 15 is 0 Å². The van der Waals surface area contributed by atoms with E-state index in [1.807, 2.05) is 25.2 Å². The fourth-order valence-corrected chi connectivity index (χ4v) is 2.98. The lowest BCUT2D eigenvalue weighted by molar-refractivity contribution is -0.150. The molecule has 1 aliphatic heterocycles. The average molecular weight is 304 g/mol. The third-order valence-corrected chi connectivity index (χ3v) is 4.22. The van der Waals surface area contributed by atoms with Gasteiger partial charge in [-0.15, -0.1) is 5.10 Å². The first-order chi connectivity index (χ1) is 10.6. The Balaban J connectivity index is 1.80. The topological polar surface area (TPSA) is 80.5 Å². The van der Waals surface area contributed by atoms with Gasteiger partial charge in [0.15, 0.2) is 0 Å². The highest BCUT2D eigenvalue weighted by Gasteiger charge is 2.33. The van der Waals surface area contributed by atoms with Gasteiger partial charge in [-0.1, -0.05) is 11.3 Å². The molecule has 0 bridgehead atoms. The lowest BCUT2D eigenvalue weighted by atomic mass is 9.98. The van der Waals surface area contributed by atoms with E-state index in [4.69, 9.17) is 4.74 Å². The minimum Gasteiger partial charge on any atom is -0.468 e. The van der Waals surface area contributed by atoms with Gasteiger partial charge in [0.1, 0.15) is 11.6 Å². The van der Waals surface area contributed by atoms with Crippen LogP contribution in [0.1, 0.15) is 18.4 Å². The summed E-state index contributed by atoms with van der Waals surface area (Å²) in [5, 5.41) is 17.9. The highest BCUT2D eigenvalue weighted by molar-refractivity contribution is 5.76. The molecule has 1 fully saturated rings. The molecule has 1 aliphatic rings. The number of aromatic nitrogens is 3. The number of aliphatic hydroxyl groups is 1. The molecule has 0 amide bonds. The summed E-state index contributed by atoms with van der Waals surface area (Å²) in [6.07, 6.45) is 0.642. The number of likely N-dealkylation sites (tertiary alicyclic amines) is 1. The number of fused-ring (bicyclic) bond motifs is 1. The van der Waals surface area contributed by atoms with E-state index in [0.29, 0.717) is 25.9 Å². The number of hydrogen-bond acceptors (Lipinski definition) is 6. The smallest absolute Gasteiger partial charge is 0.323 e. The molecule has 1 aromatic carbocycles. The Labute approximate surface area is 128 Å². The first-order valence-electron chi connectivity index (χ1n) is 7.36. The molecule has 1 saturated heterocycles. The van der Waals surface area contributed by atoms with E-state index in [1.165, 1.54) is 7.11 Å². The number of ether oxygens (including phenoxy) is 1. The van der Waals surface area contributed by atoms with Crippen molar-refractivity contribution in [1.82, 2.24) is 19.9 Å². The van der Waals surface area contributed by atoms with Gasteiger partial charge in [-0.05, 0) is 30.5 Å². The van der Waals surface area contributed by atoms with Gasteiger partial charge in [0.25, 0.3) is 0 Å². The summed E-state index contributed by atoms with van der Waals surface area (Å²) in [6.45, 7) is 1.29. The van der Waals surface area contributed by atoms with Crippen LogP contribution in [-0.4, -0.2) is 56.8 Å². The quantitative estimate of drug-likeness (QED) is 0.830. The summed E-state index contributed by atoms with van der Waals surface area (Å²) < 4.78 is 6.59. The van der Waals surface area contributed by atoms with E-state index in [-0.39, 0.29) is 5.97 Å². The number of nitrogens with zero attached hydrogens (tertiary/aromatic N) is 4. The second kappa shape index (κ2) is 6.02. The fourth-order valence-electron chi connectivity index (χ4n) is 2.98. The molecular formula is C15H20N4O3. The number of carbonyl (C=O) groups is 1. The average Bonchev–Trinajstić information content (AvgIpc) is 2.89. The van der Waals surface area contributed by atoms with Crippen LogP contribution in [0.2, 0.25) is 0 Å². The van der Waals surface area contributed by atoms with E-state index in [2.05, 4.69) is 15.2 Å². The summed E-state index contributed by atoms with van der Waals surface area (Å²) in [5.74, 6) is -0.292. The molecule has 2 aromatic rings. The van der Waals surface area contributed by atoms with Crippen molar-refractivity contribution in [3.8, 4) is 0 Å². The Morgan fingerprint density at radius 1 is 1.50 bits per heavy atom. The van der Waals surface area contributed by atoms with Crippen LogP contribution >= 0.6 is 0 Å². The van der Waals surface area contributed by atoms with Crippen molar-refractivity contribution in [2.75, 3.05) is 13.7 Å². The van der Waals surface area contributed by atoms with Crippen molar-refractivity contribution < 1.29 is 14.6 Å². The summed E-state index contributed by atoms with van der Waals surface area (Å²) >= 11 is 0. The van der Waals surface area contributed by atoms with Crippen molar-refractivity contribution in [3.05, 3.63) is 23.8 Å². The number of rotatable bonds is 3. The van der Waals surface area contributed by atoms with Gasteiger partial charge in [-0.3, -0.25) is 9.69 Å². The van der Waals surface area contributed by atoms with Gasteiger partial charge in [-0.2, -0.15) is 0 Å². The zero-order chi connectivity index (χ0) is 15.7. The van der Waals surface area contributed by atoms with Crippen LogP contribution in [0.4, 0.5) is 0 Å². The molecule has 7 heteroatoms. The van der Waals surface area contributed by atoms with Gasteiger partial charge in [-0.25, -0.2) is 4.68 Å². The molecule has 0 radical (unpaired) electrons. The molecule has 1 aromatic heterocycles. The molecule has 1 N–H and O–H groups in total. The summed E-state index contributed by atoms with van der Waals surface area (Å²) in [7, 11) is 3.24. The summed E-state index contributed by atoms with van der Waals surface area (Å²) in [6, 6.07) is 5.59. The lowest BCUT2D eigenvalue weighted by Gasteiger charge is -2.36. The van der Waals surface area contributed by atoms with Crippen molar-refractivity contribution >= 4 is 17.0 Å². The normalized spacial score (nSPS) is 22.9. The van der Waals surface area contributed by atoms with E-state index in [9.17, 15) is 9.90 Å².